The highest BCUT2D eigenvalue weighted by Gasteiger charge is 2.10. The van der Waals surface area contributed by atoms with Gasteiger partial charge in [-0.1, -0.05) is 32.0 Å². The van der Waals surface area contributed by atoms with Crippen LogP contribution in [0.1, 0.15) is 36.5 Å². The molecule has 0 aliphatic rings. The van der Waals surface area contributed by atoms with Crippen LogP contribution < -0.4 is 4.72 Å². The van der Waals surface area contributed by atoms with Crippen molar-refractivity contribution in [3.63, 3.8) is 0 Å². The molecule has 3 nitrogen and oxygen atoms in total. The van der Waals surface area contributed by atoms with E-state index in [9.17, 15) is 5.26 Å². The summed E-state index contributed by atoms with van der Waals surface area (Å²) in [6.45, 7) is 6.42. The molecule has 0 fully saturated rings. The number of nitrogens with zero attached hydrogens (tertiary/aromatic N) is 1. The van der Waals surface area contributed by atoms with Crippen molar-refractivity contribution < 1.29 is 0 Å². The maximum atomic E-state index is 9.22. The largest absolute Gasteiger partial charge is 0.358 e. The van der Waals surface area contributed by atoms with Gasteiger partial charge in [0.05, 0.1) is 16.8 Å². The molecule has 4 heteroatoms. The minimum atomic E-state index is 0.544. The number of aryl methyl sites for hydroxylation is 1. The Bertz CT molecular complexity index is 870. The zero-order valence-corrected chi connectivity index (χ0v) is 14.3. The van der Waals surface area contributed by atoms with Crippen LogP contribution in [0.15, 0.2) is 47.5 Å². The fourth-order valence-electron chi connectivity index (χ4n) is 2.63. The first kappa shape index (κ1) is 15.5. The van der Waals surface area contributed by atoms with Crippen molar-refractivity contribution in [2.75, 3.05) is 4.72 Å². The van der Waals surface area contributed by atoms with E-state index in [-0.39, 0.29) is 0 Å². The first-order valence-electron chi connectivity index (χ1n) is 7.63. The standard InChI is InChI=1S/C19H19N3S/c1-12(2)14-5-7-16(8-6-14)23-22-17-9-4-13(3)18-15(10-20)11-21-19(17)18/h4-9,11-12,21-22H,1-3H3. The van der Waals surface area contributed by atoms with Crippen LogP contribution in [0.25, 0.3) is 10.9 Å². The Morgan fingerprint density at radius 2 is 1.87 bits per heavy atom. The van der Waals surface area contributed by atoms with Crippen molar-refractivity contribution in [2.45, 2.75) is 31.6 Å². The van der Waals surface area contributed by atoms with E-state index in [4.69, 9.17) is 0 Å². The molecule has 0 unspecified atom stereocenters. The molecular weight excluding hydrogens is 302 g/mol. The van der Waals surface area contributed by atoms with E-state index in [1.165, 1.54) is 5.56 Å². The van der Waals surface area contributed by atoms with Gasteiger partial charge in [0.25, 0.3) is 0 Å². The molecule has 0 saturated carbocycles. The second kappa shape index (κ2) is 6.39. The van der Waals surface area contributed by atoms with E-state index in [0.29, 0.717) is 11.5 Å². The van der Waals surface area contributed by atoms with Gasteiger partial charge >= 0.3 is 0 Å². The molecule has 0 aliphatic carbocycles. The third kappa shape index (κ3) is 3.06. The third-order valence-electron chi connectivity index (χ3n) is 3.99. The van der Waals surface area contributed by atoms with Crippen LogP contribution in [0.5, 0.6) is 0 Å². The Morgan fingerprint density at radius 3 is 2.52 bits per heavy atom. The molecule has 0 amide bonds. The Kier molecular flexibility index (Phi) is 4.31. The number of anilines is 1. The maximum absolute atomic E-state index is 9.22. The maximum Gasteiger partial charge on any atom is 0.101 e. The molecule has 2 aromatic carbocycles. The molecule has 3 rings (SSSR count). The van der Waals surface area contributed by atoms with Crippen molar-refractivity contribution >= 4 is 28.5 Å². The molecule has 0 radical (unpaired) electrons. The van der Waals surface area contributed by atoms with Crippen LogP contribution in [0, 0.1) is 18.3 Å². The molecule has 23 heavy (non-hydrogen) atoms. The lowest BCUT2D eigenvalue weighted by Crippen LogP contribution is -1.91. The van der Waals surface area contributed by atoms with Gasteiger partial charge in [-0.15, -0.1) is 0 Å². The summed E-state index contributed by atoms with van der Waals surface area (Å²) in [5, 5.41) is 10.2. The van der Waals surface area contributed by atoms with E-state index in [2.05, 4.69) is 53.9 Å². The zero-order valence-electron chi connectivity index (χ0n) is 13.5. The van der Waals surface area contributed by atoms with Crippen LogP contribution in [0.2, 0.25) is 0 Å². The Morgan fingerprint density at radius 1 is 1.13 bits per heavy atom. The van der Waals surface area contributed by atoms with Crippen LogP contribution in [-0.2, 0) is 0 Å². The number of nitrogens with one attached hydrogen (secondary N) is 2. The average Bonchev–Trinajstić information content (AvgIpc) is 3.00. The number of H-pyrrole nitrogens is 1. The highest BCUT2D eigenvalue weighted by molar-refractivity contribution is 8.00. The lowest BCUT2D eigenvalue weighted by Gasteiger charge is -2.10. The molecule has 0 saturated heterocycles. The summed E-state index contributed by atoms with van der Waals surface area (Å²) in [7, 11) is 0. The van der Waals surface area contributed by atoms with E-state index < -0.39 is 0 Å². The van der Waals surface area contributed by atoms with Gasteiger partial charge in [0.1, 0.15) is 6.07 Å². The fraction of sp³-hybridized carbons (Fsp3) is 0.211. The van der Waals surface area contributed by atoms with Crippen LogP contribution in [-0.4, -0.2) is 4.98 Å². The number of hydrogen-bond acceptors (Lipinski definition) is 3. The normalized spacial score (nSPS) is 10.9. The van der Waals surface area contributed by atoms with E-state index in [0.717, 1.165) is 27.0 Å². The third-order valence-corrected chi connectivity index (χ3v) is 4.82. The Balaban J connectivity index is 1.84. The van der Waals surface area contributed by atoms with Crippen LogP contribution in [0.4, 0.5) is 5.69 Å². The highest BCUT2D eigenvalue weighted by atomic mass is 32.2. The number of aromatic amines is 1. The molecule has 1 heterocycles. The van der Waals surface area contributed by atoms with Crippen LogP contribution >= 0.6 is 11.9 Å². The van der Waals surface area contributed by atoms with E-state index in [1.54, 1.807) is 18.1 Å². The van der Waals surface area contributed by atoms with Crippen LogP contribution in [0.3, 0.4) is 0 Å². The quantitative estimate of drug-likeness (QED) is 0.616. The number of aromatic nitrogens is 1. The smallest absolute Gasteiger partial charge is 0.101 e. The number of rotatable bonds is 4. The molecule has 3 aromatic rings. The topological polar surface area (TPSA) is 51.6 Å². The lowest BCUT2D eigenvalue weighted by atomic mass is 10.0. The predicted molar refractivity (Wildman–Crippen MR) is 97.8 cm³/mol. The molecule has 0 bridgehead atoms. The van der Waals surface area contributed by atoms with Crippen molar-refractivity contribution in [2.24, 2.45) is 0 Å². The van der Waals surface area contributed by atoms with Gasteiger partial charge in [-0.3, -0.25) is 0 Å². The molecule has 1 aromatic heterocycles. The molecule has 2 N–H and O–H groups in total. The molecule has 0 aliphatic heterocycles. The van der Waals surface area contributed by atoms with Gasteiger partial charge in [-0.2, -0.15) is 5.26 Å². The first-order chi connectivity index (χ1) is 11.1. The second-order valence-electron chi connectivity index (χ2n) is 5.92. The Hall–Kier alpha value is -2.38. The SMILES string of the molecule is Cc1ccc(NSc2ccc(C(C)C)cc2)c2[nH]cc(C#N)c12. The van der Waals surface area contributed by atoms with Gasteiger partial charge in [0, 0.05) is 16.5 Å². The summed E-state index contributed by atoms with van der Waals surface area (Å²) in [6.07, 6.45) is 1.77. The van der Waals surface area contributed by atoms with Crippen molar-refractivity contribution in [3.05, 3.63) is 59.3 Å². The number of benzene rings is 2. The van der Waals surface area contributed by atoms with Crippen molar-refractivity contribution in [1.82, 2.24) is 4.98 Å². The summed E-state index contributed by atoms with van der Waals surface area (Å²) in [6, 6.07) is 14.9. The second-order valence-corrected chi connectivity index (χ2v) is 6.80. The minimum Gasteiger partial charge on any atom is -0.358 e. The summed E-state index contributed by atoms with van der Waals surface area (Å²) >= 11 is 1.58. The van der Waals surface area contributed by atoms with Crippen molar-refractivity contribution in [3.8, 4) is 6.07 Å². The summed E-state index contributed by atoms with van der Waals surface area (Å²) in [5.74, 6) is 0.544. The van der Waals surface area contributed by atoms with Crippen molar-refractivity contribution in [1.29, 1.82) is 5.26 Å². The van der Waals surface area contributed by atoms with Gasteiger partial charge < -0.3 is 9.71 Å². The predicted octanol–water partition coefficient (Wildman–Crippen LogP) is 5.59. The summed E-state index contributed by atoms with van der Waals surface area (Å²) in [4.78, 5) is 4.37. The summed E-state index contributed by atoms with van der Waals surface area (Å²) < 4.78 is 3.39. The number of nitriles is 1. The Labute approximate surface area is 140 Å². The summed E-state index contributed by atoms with van der Waals surface area (Å²) in [5.41, 5.74) is 5.11. The minimum absolute atomic E-state index is 0.544. The lowest BCUT2D eigenvalue weighted by molar-refractivity contribution is 0.865. The van der Waals surface area contributed by atoms with E-state index >= 15 is 0 Å². The molecule has 0 spiro atoms. The zero-order chi connectivity index (χ0) is 16.4. The molecular formula is C19H19N3S. The molecule has 0 atom stereocenters. The first-order valence-corrected chi connectivity index (χ1v) is 8.45. The number of hydrogen-bond donors (Lipinski definition) is 2. The van der Waals surface area contributed by atoms with E-state index in [1.807, 2.05) is 19.1 Å². The van der Waals surface area contributed by atoms with Gasteiger partial charge in [0.2, 0.25) is 0 Å². The molecule has 116 valence electrons. The van der Waals surface area contributed by atoms with Gasteiger partial charge in [-0.25, -0.2) is 0 Å². The number of fused-ring (bicyclic) bond motifs is 1. The average molecular weight is 321 g/mol. The van der Waals surface area contributed by atoms with Gasteiger partial charge in [-0.05, 0) is 54.1 Å². The van der Waals surface area contributed by atoms with Gasteiger partial charge in [0.15, 0.2) is 0 Å². The highest BCUT2D eigenvalue weighted by Crippen LogP contribution is 2.31. The monoisotopic (exact) mass is 321 g/mol. The fourth-order valence-corrected chi connectivity index (χ4v) is 3.30.